The minimum atomic E-state index is -0.455. The molecule has 1 aliphatic heterocycles. The summed E-state index contributed by atoms with van der Waals surface area (Å²) in [4.78, 5) is 18.3. The number of hydrogen-bond donors (Lipinski definition) is 1. The van der Waals surface area contributed by atoms with E-state index in [1.807, 2.05) is 27.0 Å². The van der Waals surface area contributed by atoms with Crippen LogP contribution in [0.3, 0.4) is 0 Å². The maximum absolute atomic E-state index is 12.2. The molecule has 94 valence electrons. The van der Waals surface area contributed by atoms with Crippen LogP contribution in [0.4, 0.5) is 0 Å². The molecule has 1 atom stereocenters. The third-order valence-corrected chi connectivity index (χ3v) is 3.26. The van der Waals surface area contributed by atoms with E-state index in [4.69, 9.17) is 5.73 Å². The molecule has 0 bridgehead atoms. The number of hydrogen-bond acceptors (Lipinski definition) is 3. The molecular formula is C12H20N4O. The third-order valence-electron chi connectivity index (χ3n) is 3.26. The van der Waals surface area contributed by atoms with Crippen molar-refractivity contribution in [2.75, 3.05) is 6.54 Å². The topological polar surface area (TPSA) is 64.2 Å². The van der Waals surface area contributed by atoms with Crippen molar-refractivity contribution >= 4 is 5.91 Å². The van der Waals surface area contributed by atoms with E-state index in [0.29, 0.717) is 13.1 Å². The number of nitrogens with zero attached hydrogens (tertiary/aromatic N) is 3. The van der Waals surface area contributed by atoms with Crippen molar-refractivity contribution in [2.24, 2.45) is 11.1 Å². The van der Waals surface area contributed by atoms with E-state index in [9.17, 15) is 4.79 Å². The van der Waals surface area contributed by atoms with Gasteiger partial charge < -0.3 is 15.2 Å². The number of imidazole rings is 1. The maximum Gasteiger partial charge on any atom is 0.240 e. The van der Waals surface area contributed by atoms with Gasteiger partial charge in [-0.2, -0.15) is 0 Å². The van der Waals surface area contributed by atoms with Crippen molar-refractivity contribution in [2.45, 2.75) is 39.9 Å². The molecule has 1 aromatic rings. The van der Waals surface area contributed by atoms with Gasteiger partial charge in [-0.1, -0.05) is 20.8 Å². The van der Waals surface area contributed by atoms with Gasteiger partial charge in [0.2, 0.25) is 5.91 Å². The monoisotopic (exact) mass is 236 g/mol. The molecule has 2 rings (SSSR count). The van der Waals surface area contributed by atoms with Gasteiger partial charge in [0, 0.05) is 25.5 Å². The fraction of sp³-hybridized carbons (Fsp3) is 0.667. The summed E-state index contributed by atoms with van der Waals surface area (Å²) in [5, 5.41) is 0. The fourth-order valence-electron chi connectivity index (χ4n) is 1.93. The Morgan fingerprint density at radius 3 is 2.82 bits per heavy atom. The molecule has 0 radical (unpaired) electrons. The molecule has 0 unspecified atom stereocenters. The van der Waals surface area contributed by atoms with E-state index in [2.05, 4.69) is 9.55 Å². The molecule has 2 heterocycles. The molecule has 1 amide bonds. The first-order valence-corrected chi connectivity index (χ1v) is 5.94. The van der Waals surface area contributed by atoms with Crippen molar-refractivity contribution in [1.82, 2.24) is 14.5 Å². The van der Waals surface area contributed by atoms with E-state index in [1.165, 1.54) is 0 Å². The van der Waals surface area contributed by atoms with E-state index in [0.717, 1.165) is 12.4 Å². The summed E-state index contributed by atoms with van der Waals surface area (Å²) < 4.78 is 2.08. The largest absolute Gasteiger partial charge is 0.332 e. The lowest BCUT2D eigenvalue weighted by molar-refractivity contribution is -0.136. The summed E-state index contributed by atoms with van der Waals surface area (Å²) in [6, 6.07) is -0.455. The van der Waals surface area contributed by atoms with Crippen LogP contribution in [-0.4, -0.2) is 32.9 Å². The number of amides is 1. The molecule has 2 N–H and O–H groups in total. The highest BCUT2D eigenvalue weighted by Crippen LogP contribution is 2.21. The molecule has 0 spiro atoms. The zero-order chi connectivity index (χ0) is 12.6. The summed E-state index contributed by atoms with van der Waals surface area (Å²) in [7, 11) is 0. The molecule has 0 aliphatic carbocycles. The quantitative estimate of drug-likeness (QED) is 0.776. The average molecular weight is 236 g/mol. The Hall–Kier alpha value is -1.36. The van der Waals surface area contributed by atoms with Crippen molar-refractivity contribution < 1.29 is 4.79 Å². The Kier molecular flexibility index (Phi) is 2.95. The van der Waals surface area contributed by atoms with Gasteiger partial charge in [-0.3, -0.25) is 4.79 Å². The average Bonchev–Trinajstić information content (AvgIpc) is 2.72. The molecule has 1 aliphatic rings. The third kappa shape index (κ3) is 2.34. The van der Waals surface area contributed by atoms with Crippen LogP contribution in [0.2, 0.25) is 0 Å². The summed E-state index contributed by atoms with van der Waals surface area (Å²) in [6.07, 6.45) is 3.72. The second kappa shape index (κ2) is 4.14. The molecule has 0 fully saturated rings. The second-order valence-electron chi connectivity index (χ2n) is 5.64. The Balaban J connectivity index is 2.09. The van der Waals surface area contributed by atoms with Gasteiger partial charge in [0.1, 0.15) is 5.82 Å². The van der Waals surface area contributed by atoms with Crippen LogP contribution >= 0.6 is 0 Å². The molecule has 1 aromatic heterocycles. The molecule has 0 saturated carbocycles. The zero-order valence-electron chi connectivity index (χ0n) is 10.7. The molecule has 17 heavy (non-hydrogen) atoms. The summed E-state index contributed by atoms with van der Waals surface area (Å²) in [6.45, 7) is 8.04. The van der Waals surface area contributed by atoms with E-state index in [1.54, 1.807) is 11.1 Å². The molecule has 5 nitrogen and oxygen atoms in total. The normalized spacial score (nSPS) is 17.8. The van der Waals surface area contributed by atoms with E-state index >= 15 is 0 Å². The summed E-state index contributed by atoms with van der Waals surface area (Å²) in [5.41, 5.74) is 5.80. The van der Waals surface area contributed by atoms with Gasteiger partial charge in [0.05, 0.1) is 12.6 Å². The number of fused-ring (bicyclic) bond motifs is 1. The van der Waals surface area contributed by atoms with Crippen LogP contribution < -0.4 is 5.73 Å². The Labute approximate surface area is 102 Å². The standard InChI is InChI=1S/C12H20N4O/c1-12(2,3)10(13)11(17)16-7-6-15-5-4-14-9(15)8-16/h4-5,10H,6-8,13H2,1-3H3/t10-/m0/s1. The lowest BCUT2D eigenvalue weighted by atomic mass is 9.86. The summed E-state index contributed by atoms with van der Waals surface area (Å²) in [5.74, 6) is 0.956. The smallest absolute Gasteiger partial charge is 0.240 e. The molecule has 0 aromatic carbocycles. The lowest BCUT2D eigenvalue weighted by Gasteiger charge is -2.34. The maximum atomic E-state index is 12.2. The highest BCUT2D eigenvalue weighted by Gasteiger charge is 2.32. The second-order valence-corrected chi connectivity index (χ2v) is 5.64. The fourth-order valence-corrected chi connectivity index (χ4v) is 1.93. The first kappa shape index (κ1) is 12.1. The van der Waals surface area contributed by atoms with Gasteiger partial charge in [0.25, 0.3) is 0 Å². The van der Waals surface area contributed by atoms with Gasteiger partial charge in [-0.25, -0.2) is 4.98 Å². The van der Waals surface area contributed by atoms with Crippen LogP contribution in [0.25, 0.3) is 0 Å². The minimum Gasteiger partial charge on any atom is -0.332 e. The highest BCUT2D eigenvalue weighted by molar-refractivity contribution is 5.82. The van der Waals surface area contributed by atoms with E-state index < -0.39 is 6.04 Å². The van der Waals surface area contributed by atoms with Crippen LogP contribution in [0.1, 0.15) is 26.6 Å². The molecular weight excluding hydrogens is 216 g/mol. The van der Waals surface area contributed by atoms with Crippen molar-refractivity contribution in [1.29, 1.82) is 0 Å². The SMILES string of the molecule is CC(C)(C)[C@@H](N)C(=O)N1CCn2ccnc2C1. The number of carbonyl (C=O) groups is 1. The van der Waals surface area contributed by atoms with E-state index in [-0.39, 0.29) is 11.3 Å². The van der Waals surface area contributed by atoms with Gasteiger partial charge >= 0.3 is 0 Å². The number of carbonyl (C=O) groups excluding carboxylic acids is 1. The van der Waals surface area contributed by atoms with Gasteiger partial charge in [0.15, 0.2) is 0 Å². The number of nitrogens with two attached hydrogens (primary N) is 1. The molecule has 0 saturated heterocycles. The van der Waals surface area contributed by atoms with Crippen molar-refractivity contribution in [3.63, 3.8) is 0 Å². The van der Waals surface area contributed by atoms with Crippen LogP contribution in [0.15, 0.2) is 12.4 Å². The summed E-state index contributed by atoms with van der Waals surface area (Å²) >= 11 is 0. The lowest BCUT2D eigenvalue weighted by Crippen LogP contribution is -2.52. The Bertz CT molecular complexity index is 418. The van der Waals surface area contributed by atoms with Crippen LogP contribution in [0.5, 0.6) is 0 Å². The van der Waals surface area contributed by atoms with Crippen LogP contribution in [-0.2, 0) is 17.9 Å². The number of aromatic nitrogens is 2. The predicted octanol–water partition coefficient (Wildman–Crippen LogP) is 0.599. The zero-order valence-corrected chi connectivity index (χ0v) is 10.7. The number of rotatable bonds is 1. The van der Waals surface area contributed by atoms with Crippen LogP contribution in [0, 0.1) is 5.41 Å². The van der Waals surface area contributed by atoms with Crippen molar-refractivity contribution in [3.8, 4) is 0 Å². The first-order chi connectivity index (χ1) is 7.89. The van der Waals surface area contributed by atoms with Crippen molar-refractivity contribution in [3.05, 3.63) is 18.2 Å². The minimum absolute atomic E-state index is 0.0201. The Morgan fingerprint density at radius 2 is 2.18 bits per heavy atom. The Morgan fingerprint density at radius 1 is 1.47 bits per heavy atom. The predicted molar refractivity (Wildman–Crippen MR) is 65.1 cm³/mol. The highest BCUT2D eigenvalue weighted by atomic mass is 16.2. The molecule has 5 heteroatoms. The first-order valence-electron chi connectivity index (χ1n) is 5.94. The van der Waals surface area contributed by atoms with Gasteiger partial charge in [-0.05, 0) is 5.41 Å². The van der Waals surface area contributed by atoms with Gasteiger partial charge in [-0.15, -0.1) is 0 Å².